The van der Waals surface area contributed by atoms with Crippen LogP contribution in [0.25, 0.3) is 0 Å². The summed E-state index contributed by atoms with van der Waals surface area (Å²) in [7, 11) is 1.51. The van der Waals surface area contributed by atoms with Crippen molar-refractivity contribution in [1.82, 2.24) is 10.1 Å². The van der Waals surface area contributed by atoms with Crippen LogP contribution >= 0.6 is 0 Å². The van der Waals surface area contributed by atoms with Crippen LogP contribution in [0.15, 0.2) is 4.52 Å². The molecule has 1 saturated carbocycles. The number of anilines is 1. The number of halogens is 3. The number of rotatable bonds is 4. The third kappa shape index (κ3) is 2.86. The van der Waals surface area contributed by atoms with E-state index in [1.807, 2.05) is 0 Å². The lowest BCUT2D eigenvalue weighted by Gasteiger charge is -2.14. The Labute approximate surface area is 90.4 Å². The third-order valence-electron chi connectivity index (χ3n) is 2.43. The molecule has 0 atom stereocenters. The molecule has 4 nitrogen and oxygen atoms in total. The van der Waals surface area contributed by atoms with Crippen molar-refractivity contribution in [2.75, 3.05) is 18.5 Å². The maximum atomic E-state index is 12.0. The molecule has 2 rings (SSSR count). The number of aromatic nitrogens is 2. The van der Waals surface area contributed by atoms with E-state index in [1.165, 1.54) is 11.9 Å². The Balaban J connectivity index is 1.89. The number of hydrogen-bond acceptors (Lipinski definition) is 4. The van der Waals surface area contributed by atoms with Crippen molar-refractivity contribution in [3.8, 4) is 0 Å². The molecule has 16 heavy (non-hydrogen) atoms. The first-order valence-electron chi connectivity index (χ1n) is 5.07. The molecule has 0 bridgehead atoms. The summed E-state index contributed by atoms with van der Waals surface area (Å²) < 4.78 is 40.8. The second-order valence-corrected chi connectivity index (χ2v) is 4.00. The highest BCUT2D eigenvalue weighted by Gasteiger charge is 2.31. The van der Waals surface area contributed by atoms with Crippen LogP contribution in [0.1, 0.15) is 31.0 Å². The van der Waals surface area contributed by atoms with E-state index in [9.17, 15) is 13.2 Å². The van der Waals surface area contributed by atoms with E-state index >= 15 is 0 Å². The molecule has 0 saturated heterocycles. The number of alkyl halides is 3. The molecule has 1 heterocycles. The minimum atomic E-state index is -4.16. The lowest BCUT2D eigenvalue weighted by molar-refractivity contribution is -0.132. The monoisotopic (exact) mass is 235 g/mol. The predicted octanol–water partition coefficient (Wildman–Crippen LogP) is 2.34. The largest absolute Gasteiger partial charge is 0.390 e. The summed E-state index contributed by atoms with van der Waals surface area (Å²) >= 11 is 0. The quantitative estimate of drug-likeness (QED) is 0.803. The highest BCUT2D eigenvalue weighted by atomic mass is 19.4. The van der Waals surface area contributed by atoms with Gasteiger partial charge in [0.15, 0.2) is 5.82 Å². The van der Waals surface area contributed by atoms with Gasteiger partial charge in [-0.1, -0.05) is 5.16 Å². The molecule has 1 aromatic heterocycles. The van der Waals surface area contributed by atoms with Crippen molar-refractivity contribution in [3.05, 3.63) is 5.82 Å². The van der Waals surface area contributed by atoms with Gasteiger partial charge in [0.05, 0.1) is 6.42 Å². The molecule has 0 spiro atoms. The maximum absolute atomic E-state index is 12.0. The van der Waals surface area contributed by atoms with Crippen molar-refractivity contribution in [3.63, 3.8) is 0 Å². The zero-order chi connectivity index (χ0) is 11.8. The smallest absolute Gasteiger partial charge is 0.327 e. The SMILES string of the molecule is CN(CCC(F)(F)F)c1nc(C2CC2)no1. The average Bonchev–Trinajstić information content (AvgIpc) is 2.92. The second-order valence-electron chi connectivity index (χ2n) is 4.00. The molecular formula is C9H12F3N3O. The molecule has 0 aliphatic heterocycles. The number of nitrogens with zero attached hydrogens (tertiary/aromatic N) is 3. The average molecular weight is 235 g/mol. The van der Waals surface area contributed by atoms with E-state index in [1.54, 1.807) is 0 Å². The molecule has 0 aromatic carbocycles. The van der Waals surface area contributed by atoms with Crippen molar-refractivity contribution >= 4 is 6.01 Å². The Morgan fingerprint density at radius 3 is 2.69 bits per heavy atom. The van der Waals surface area contributed by atoms with Gasteiger partial charge in [0.2, 0.25) is 0 Å². The number of hydrogen-bond donors (Lipinski definition) is 0. The molecule has 1 aliphatic rings. The zero-order valence-corrected chi connectivity index (χ0v) is 8.79. The topological polar surface area (TPSA) is 42.2 Å². The highest BCUT2D eigenvalue weighted by Crippen LogP contribution is 2.38. The van der Waals surface area contributed by atoms with E-state index in [-0.39, 0.29) is 12.6 Å². The van der Waals surface area contributed by atoms with Crippen molar-refractivity contribution in [2.24, 2.45) is 0 Å². The van der Waals surface area contributed by atoms with Gasteiger partial charge in [-0.15, -0.1) is 0 Å². The van der Waals surface area contributed by atoms with Crippen LogP contribution in [-0.4, -0.2) is 29.9 Å². The van der Waals surface area contributed by atoms with E-state index in [0.717, 1.165) is 12.8 Å². The fourth-order valence-corrected chi connectivity index (χ4v) is 1.28. The van der Waals surface area contributed by atoms with Crippen LogP contribution in [0.3, 0.4) is 0 Å². The van der Waals surface area contributed by atoms with Crippen molar-refractivity contribution in [2.45, 2.75) is 31.4 Å². The van der Waals surface area contributed by atoms with Crippen molar-refractivity contribution in [1.29, 1.82) is 0 Å². The molecule has 0 N–H and O–H groups in total. The summed E-state index contributed by atoms with van der Waals surface area (Å²) in [6.07, 6.45) is -2.98. The Morgan fingerprint density at radius 2 is 2.12 bits per heavy atom. The molecule has 1 fully saturated rings. The van der Waals surface area contributed by atoms with Gasteiger partial charge in [-0.25, -0.2) is 0 Å². The van der Waals surface area contributed by atoms with Gasteiger partial charge in [0, 0.05) is 19.5 Å². The summed E-state index contributed by atoms with van der Waals surface area (Å²) in [5.41, 5.74) is 0. The van der Waals surface area contributed by atoms with Crippen molar-refractivity contribution < 1.29 is 17.7 Å². The van der Waals surface area contributed by atoms with Crippen LogP contribution in [-0.2, 0) is 0 Å². The van der Waals surface area contributed by atoms with E-state index < -0.39 is 12.6 Å². The van der Waals surface area contributed by atoms with Gasteiger partial charge >= 0.3 is 12.2 Å². The molecule has 1 aromatic rings. The summed E-state index contributed by atoms with van der Waals surface area (Å²) in [5.74, 6) is 0.947. The van der Waals surface area contributed by atoms with Gasteiger partial charge in [0.25, 0.3) is 0 Å². The van der Waals surface area contributed by atoms with E-state index in [2.05, 4.69) is 10.1 Å². The van der Waals surface area contributed by atoms with E-state index in [4.69, 9.17) is 4.52 Å². The zero-order valence-electron chi connectivity index (χ0n) is 8.79. The minimum absolute atomic E-state index is 0.158. The standard InChI is InChI=1S/C9H12F3N3O/c1-15(5-4-9(10,11)12)8-13-7(14-16-8)6-2-3-6/h6H,2-5H2,1H3. The molecule has 1 aliphatic carbocycles. The van der Waals surface area contributed by atoms with Crippen LogP contribution in [0.2, 0.25) is 0 Å². The predicted molar refractivity (Wildman–Crippen MR) is 50.2 cm³/mol. The van der Waals surface area contributed by atoms with Crippen LogP contribution in [0.4, 0.5) is 19.2 Å². The lowest BCUT2D eigenvalue weighted by atomic mass is 10.4. The first-order chi connectivity index (χ1) is 7.46. The molecule has 7 heteroatoms. The van der Waals surface area contributed by atoms with Gasteiger partial charge in [-0.3, -0.25) is 0 Å². The summed E-state index contributed by atoms with van der Waals surface area (Å²) in [6, 6.07) is 0.158. The molecule has 90 valence electrons. The fourth-order valence-electron chi connectivity index (χ4n) is 1.28. The Bertz CT molecular complexity index is 359. The summed E-state index contributed by atoms with van der Waals surface area (Å²) in [5, 5.41) is 3.73. The van der Waals surface area contributed by atoms with Gasteiger partial charge in [-0.2, -0.15) is 18.2 Å². The van der Waals surface area contributed by atoms with Crippen LogP contribution in [0.5, 0.6) is 0 Å². The first kappa shape index (κ1) is 11.2. The highest BCUT2D eigenvalue weighted by molar-refractivity contribution is 5.24. The Hall–Kier alpha value is -1.27. The first-order valence-corrected chi connectivity index (χ1v) is 5.07. The fraction of sp³-hybridized carbons (Fsp3) is 0.778. The molecule has 0 unspecified atom stereocenters. The lowest BCUT2D eigenvalue weighted by Crippen LogP contribution is -2.24. The summed E-state index contributed by atoms with van der Waals surface area (Å²) in [4.78, 5) is 5.38. The van der Waals surface area contributed by atoms with Crippen LogP contribution < -0.4 is 4.90 Å². The van der Waals surface area contributed by atoms with Gasteiger partial charge < -0.3 is 9.42 Å². The second kappa shape index (κ2) is 3.95. The minimum Gasteiger partial charge on any atom is -0.327 e. The van der Waals surface area contributed by atoms with Crippen LogP contribution in [0, 0.1) is 0 Å². The summed E-state index contributed by atoms with van der Waals surface area (Å²) in [6.45, 7) is -0.171. The molecular weight excluding hydrogens is 223 g/mol. The van der Waals surface area contributed by atoms with Gasteiger partial charge in [0.1, 0.15) is 0 Å². The Kier molecular flexibility index (Phi) is 2.77. The van der Waals surface area contributed by atoms with Gasteiger partial charge in [-0.05, 0) is 12.8 Å². The maximum Gasteiger partial charge on any atom is 0.390 e. The normalized spacial score (nSPS) is 16.5. The molecule has 0 amide bonds. The third-order valence-corrected chi connectivity index (χ3v) is 2.43. The van der Waals surface area contributed by atoms with E-state index in [0.29, 0.717) is 11.7 Å². The molecule has 0 radical (unpaired) electrons. The Morgan fingerprint density at radius 1 is 1.44 bits per heavy atom.